The fourth-order valence-electron chi connectivity index (χ4n) is 3.01. The summed E-state index contributed by atoms with van der Waals surface area (Å²) < 4.78 is 11.4. The van der Waals surface area contributed by atoms with Crippen molar-refractivity contribution < 1.29 is 14.3 Å². The van der Waals surface area contributed by atoms with Crippen molar-refractivity contribution in [1.82, 2.24) is 10.2 Å². The number of carbonyl (C=O) groups is 1. The summed E-state index contributed by atoms with van der Waals surface area (Å²) in [5.41, 5.74) is 2.45. The quantitative estimate of drug-likeness (QED) is 0.891. The molecule has 0 aromatic heterocycles. The third-order valence-corrected chi connectivity index (χ3v) is 4.32. The van der Waals surface area contributed by atoms with E-state index in [1.807, 2.05) is 24.8 Å². The van der Waals surface area contributed by atoms with Gasteiger partial charge in [-0.15, -0.1) is 12.4 Å². The average molecular weight is 341 g/mol. The molecule has 1 N–H and O–H groups in total. The summed E-state index contributed by atoms with van der Waals surface area (Å²) >= 11 is 0. The Kier molecular flexibility index (Phi) is 6.13. The lowest BCUT2D eigenvalue weighted by Gasteiger charge is -2.35. The monoisotopic (exact) mass is 340 g/mol. The van der Waals surface area contributed by atoms with Crippen molar-refractivity contribution in [3.63, 3.8) is 0 Å². The topological polar surface area (TPSA) is 50.8 Å². The third-order valence-electron chi connectivity index (χ3n) is 4.32. The summed E-state index contributed by atoms with van der Waals surface area (Å²) in [6.07, 6.45) is 0.883. The molecule has 0 bridgehead atoms. The first kappa shape index (κ1) is 17.9. The van der Waals surface area contributed by atoms with Crippen LogP contribution in [0.3, 0.4) is 0 Å². The molecule has 5 nitrogen and oxygen atoms in total. The van der Waals surface area contributed by atoms with Gasteiger partial charge in [0.2, 0.25) is 5.91 Å². The van der Waals surface area contributed by atoms with Crippen molar-refractivity contribution in [3.8, 4) is 11.5 Å². The van der Waals surface area contributed by atoms with Gasteiger partial charge in [0.05, 0.1) is 19.1 Å². The zero-order valence-electron chi connectivity index (χ0n) is 13.8. The van der Waals surface area contributed by atoms with E-state index in [0.717, 1.165) is 37.6 Å². The minimum absolute atomic E-state index is 0. The zero-order chi connectivity index (χ0) is 15.5. The molecule has 1 aromatic carbocycles. The predicted molar refractivity (Wildman–Crippen MR) is 91.5 cm³/mol. The summed E-state index contributed by atoms with van der Waals surface area (Å²) in [6, 6.07) is 4.12. The first-order chi connectivity index (χ1) is 10.7. The highest BCUT2D eigenvalue weighted by atomic mass is 35.5. The number of benzene rings is 1. The largest absolute Gasteiger partial charge is 0.490 e. The number of nitrogens with one attached hydrogen (secondary N) is 1. The van der Waals surface area contributed by atoms with Crippen LogP contribution in [0.4, 0.5) is 0 Å². The van der Waals surface area contributed by atoms with Gasteiger partial charge in [0.25, 0.3) is 0 Å². The van der Waals surface area contributed by atoms with Gasteiger partial charge >= 0.3 is 0 Å². The maximum absolute atomic E-state index is 12.4. The number of ether oxygens (including phenoxy) is 2. The number of amides is 1. The van der Waals surface area contributed by atoms with Crippen LogP contribution in [0.1, 0.15) is 25.0 Å². The second-order valence-electron chi connectivity index (χ2n) is 5.80. The lowest BCUT2D eigenvalue weighted by molar-refractivity contribution is -0.138. The highest BCUT2D eigenvalue weighted by molar-refractivity contribution is 5.85. The second-order valence-corrected chi connectivity index (χ2v) is 5.80. The number of carbonyl (C=O) groups excluding carboxylic acids is 1. The molecule has 0 unspecified atom stereocenters. The minimum atomic E-state index is 0. The van der Waals surface area contributed by atoms with Crippen LogP contribution in [0, 0.1) is 5.92 Å². The van der Waals surface area contributed by atoms with Crippen LogP contribution in [-0.2, 0) is 17.8 Å². The summed E-state index contributed by atoms with van der Waals surface area (Å²) in [7, 11) is 0. The highest BCUT2D eigenvalue weighted by Crippen LogP contribution is 2.34. The fourth-order valence-corrected chi connectivity index (χ4v) is 3.01. The molecule has 1 amide bonds. The maximum atomic E-state index is 12.4. The van der Waals surface area contributed by atoms with E-state index >= 15 is 0 Å². The van der Waals surface area contributed by atoms with Crippen molar-refractivity contribution in [1.29, 1.82) is 0 Å². The minimum Gasteiger partial charge on any atom is -0.490 e. The molecule has 0 aliphatic carbocycles. The van der Waals surface area contributed by atoms with Crippen molar-refractivity contribution in [3.05, 3.63) is 23.3 Å². The van der Waals surface area contributed by atoms with E-state index in [-0.39, 0.29) is 24.2 Å². The Hall–Kier alpha value is -1.46. The Balaban J connectivity index is 0.00000192. The van der Waals surface area contributed by atoms with Gasteiger partial charge < -0.3 is 19.7 Å². The molecule has 0 spiro atoms. The van der Waals surface area contributed by atoms with Crippen LogP contribution < -0.4 is 14.8 Å². The Morgan fingerprint density at radius 1 is 1.17 bits per heavy atom. The number of hydrogen-bond donors (Lipinski definition) is 1. The number of hydrogen-bond acceptors (Lipinski definition) is 4. The van der Waals surface area contributed by atoms with Gasteiger partial charge in [0.15, 0.2) is 11.5 Å². The van der Waals surface area contributed by atoms with E-state index in [1.54, 1.807) is 0 Å². The molecule has 2 aliphatic heterocycles. The van der Waals surface area contributed by atoms with E-state index in [1.165, 1.54) is 11.1 Å². The first-order valence-corrected chi connectivity index (χ1v) is 8.13. The molecule has 1 saturated heterocycles. The number of halogens is 1. The van der Waals surface area contributed by atoms with Crippen molar-refractivity contribution in [2.24, 2.45) is 5.92 Å². The summed E-state index contributed by atoms with van der Waals surface area (Å²) in [5, 5.41) is 3.16. The zero-order valence-corrected chi connectivity index (χ0v) is 14.6. The van der Waals surface area contributed by atoms with Gasteiger partial charge in [-0.1, -0.05) is 0 Å². The van der Waals surface area contributed by atoms with Gasteiger partial charge in [-0.25, -0.2) is 0 Å². The second kappa shape index (κ2) is 7.88. The molecule has 0 radical (unpaired) electrons. The fraction of sp³-hybridized carbons (Fsp3) is 0.588. The summed E-state index contributed by atoms with van der Waals surface area (Å²) in [4.78, 5) is 14.4. The summed E-state index contributed by atoms with van der Waals surface area (Å²) in [5.74, 6) is 2.03. The van der Waals surface area contributed by atoms with E-state index in [9.17, 15) is 4.79 Å². The summed E-state index contributed by atoms with van der Waals surface area (Å²) in [6.45, 7) is 8.27. The molecule has 3 rings (SSSR count). The number of nitrogens with zero attached hydrogens (tertiary/aromatic N) is 1. The van der Waals surface area contributed by atoms with Gasteiger partial charge in [-0.05, 0) is 43.5 Å². The third kappa shape index (κ3) is 3.72. The number of rotatable bonds is 5. The number of fused-ring (bicyclic) bond motifs is 1. The molecule has 2 heterocycles. The van der Waals surface area contributed by atoms with E-state index in [0.29, 0.717) is 19.8 Å². The van der Waals surface area contributed by atoms with Crippen LogP contribution in [0.15, 0.2) is 12.1 Å². The van der Waals surface area contributed by atoms with Crippen LogP contribution in [0.5, 0.6) is 11.5 Å². The molecule has 23 heavy (non-hydrogen) atoms. The van der Waals surface area contributed by atoms with Crippen LogP contribution in [0.25, 0.3) is 0 Å². The normalized spacial score (nSPS) is 16.9. The molecule has 0 atom stereocenters. The van der Waals surface area contributed by atoms with E-state index in [4.69, 9.17) is 9.47 Å². The Bertz CT molecular complexity index is 561. The molecule has 6 heteroatoms. The van der Waals surface area contributed by atoms with Gasteiger partial charge in [-0.3, -0.25) is 4.79 Å². The molecular weight excluding hydrogens is 316 g/mol. The molecular formula is C17H25ClN2O3. The standard InChI is InChI=1S/C17H24N2O3.ClH/c1-3-21-15-7-12-5-6-19(17(20)14-9-18-10-14)11-13(12)8-16(15)22-4-2;/h7-8,14,18H,3-6,9-11H2,1-2H3;1H. The molecule has 1 fully saturated rings. The van der Waals surface area contributed by atoms with Gasteiger partial charge in [0.1, 0.15) is 0 Å². The van der Waals surface area contributed by atoms with E-state index in [2.05, 4.69) is 11.4 Å². The van der Waals surface area contributed by atoms with Gasteiger partial charge in [0, 0.05) is 26.2 Å². The smallest absolute Gasteiger partial charge is 0.228 e. The van der Waals surface area contributed by atoms with Crippen molar-refractivity contribution in [2.45, 2.75) is 26.8 Å². The molecule has 128 valence electrons. The lowest BCUT2D eigenvalue weighted by atomic mass is 9.95. The molecule has 0 saturated carbocycles. The highest BCUT2D eigenvalue weighted by Gasteiger charge is 2.31. The van der Waals surface area contributed by atoms with E-state index < -0.39 is 0 Å². The predicted octanol–water partition coefficient (Wildman–Crippen LogP) is 2.01. The first-order valence-electron chi connectivity index (χ1n) is 8.13. The van der Waals surface area contributed by atoms with Crippen molar-refractivity contribution >= 4 is 18.3 Å². The van der Waals surface area contributed by atoms with Crippen LogP contribution in [0.2, 0.25) is 0 Å². The Morgan fingerprint density at radius 2 is 1.78 bits per heavy atom. The van der Waals surface area contributed by atoms with Crippen molar-refractivity contribution in [2.75, 3.05) is 32.8 Å². The SMILES string of the molecule is CCOc1cc2c(cc1OCC)CN(C(=O)C1CNC1)CC2.Cl. The van der Waals surface area contributed by atoms with Crippen LogP contribution in [-0.4, -0.2) is 43.7 Å². The lowest BCUT2D eigenvalue weighted by Crippen LogP contribution is -2.52. The molecule has 2 aliphatic rings. The average Bonchev–Trinajstić information content (AvgIpc) is 2.46. The maximum Gasteiger partial charge on any atom is 0.228 e. The Morgan fingerprint density at radius 3 is 2.30 bits per heavy atom. The van der Waals surface area contributed by atoms with Gasteiger partial charge in [-0.2, -0.15) is 0 Å². The Labute approximate surface area is 143 Å². The molecule has 1 aromatic rings. The van der Waals surface area contributed by atoms with Crippen LogP contribution >= 0.6 is 12.4 Å².